The van der Waals surface area contributed by atoms with Crippen LogP contribution in [0.1, 0.15) is 26.7 Å². The van der Waals surface area contributed by atoms with Gasteiger partial charge in [0.15, 0.2) is 0 Å². The molecular formula is C11H24NO2+. The first-order valence-electron chi connectivity index (χ1n) is 5.52. The summed E-state index contributed by atoms with van der Waals surface area (Å²) in [5.41, 5.74) is -0.0501. The molecule has 1 heterocycles. The number of rotatable bonds is 3. The lowest BCUT2D eigenvalue weighted by molar-refractivity contribution is -0.862. The fourth-order valence-electron chi connectivity index (χ4n) is 2.19. The molecule has 3 nitrogen and oxygen atoms in total. The van der Waals surface area contributed by atoms with Gasteiger partial charge in [0.25, 0.3) is 0 Å². The van der Waals surface area contributed by atoms with Crippen LogP contribution in [0.2, 0.25) is 0 Å². The summed E-state index contributed by atoms with van der Waals surface area (Å²) < 4.78 is 5.63. The van der Waals surface area contributed by atoms with Gasteiger partial charge in [0.05, 0.1) is 19.7 Å². The van der Waals surface area contributed by atoms with E-state index in [1.165, 1.54) is 4.90 Å². The van der Waals surface area contributed by atoms with Gasteiger partial charge in [0.2, 0.25) is 0 Å². The van der Waals surface area contributed by atoms with E-state index in [1.807, 2.05) is 0 Å². The van der Waals surface area contributed by atoms with Crippen LogP contribution < -0.4 is 4.90 Å². The third kappa shape index (κ3) is 3.56. The molecule has 1 aliphatic heterocycles. The van der Waals surface area contributed by atoms with Crippen LogP contribution in [0.15, 0.2) is 0 Å². The van der Waals surface area contributed by atoms with E-state index in [0.29, 0.717) is 5.92 Å². The van der Waals surface area contributed by atoms with E-state index < -0.39 is 0 Å². The number of hydrogen-bond acceptors (Lipinski definition) is 2. The maximum absolute atomic E-state index is 10.0. The molecule has 1 rings (SSSR count). The van der Waals surface area contributed by atoms with E-state index in [9.17, 15) is 5.11 Å². The van der Waals surface area contributed by atoms with Gasteiger partial charge in [0.1, 0.15) is 12.6 Å². The molecule has 0 spiro atoms. The molecule has 1 aliphatic rings. The van der Waals surface area contributed by atoms with Crippen LogP contribution >= 0.6 is 0 Å². The average Bonchev–Trinajstić information content (AvgIpc) is 2.01. The topological polar surface area (TPSA) is 33.9 Å². The van der Waals surface area contributed by atoms with E-state index in [-0.39, 0.29) is 11.7 Å². The van der Waals surface area contributed by atoms with Crippen LogP contribution in [0.3, 0.4) is 0 Å². The van der Waals surface area contributed by atoms with Gasteiger partial charge in [-0.3, -0.25) is 0 Å². The second-order valence-electron chi connectivity index (χ2n) is 5.34. The van der Waals surface area contributed by atoms with E-state index in [2.05, 4.69) is 27.9 Å². The maximum atomic E-state index is 10.0. The van der Waals surface area contributed by atoms with Crippen molar-refractivity contribution in [1.82, 2.24) is 0 Å². The molecule has 0 saturated carbocycles. The zero-order chi connectivity index (χ0) is 10.8. The highest BCUT2D eigenvalue weighted by Gasteiger charge is 2.33. The third-order valence-corrected chi connectivity index (χ3v) is 2.90. The van der Waals surface area contributed by atoms with Crippen molar-refractivity contribution in [1.29, 1.82) is 0 Å². The van der Waals surface area contributed by atoms with Gasteiger partial charge >= 0.3 is 0 Å². The molecule has 0 bridgehead atoms. The quantitative estimate of drug-likeness (QED) is 0.659. The van der Waals surface area contributed by atoms with Crippen molar-refractivity contribution in [3.63, 3.8) is 0 Å². The number of ether oxygens (including phenoxy) is 1. The summed E-state index contributed by atoms with van der Waals surface area (Å²) in [6.45, 7) is 5.83. The van der Waals surface area contributed by atoms with Crippen LogP contribution in [0.25, 0.3) is 0 Å². The summed E-state index contributed by atoms with van der Waals surface area (Å²) in [5, 5.41) is 10.0. The molecule has 1 fully saturated rings. The lowest BCUT2D eigenvalue weighted by Gasteiger charge is -2.37. The van der Waals surface area contributed by atoms with Crippen LogP contribution in [-0.2, 0) is 4.74 Å². The maximum Gasteiger partial charge on any atom is 0.106 e. The number of aliphatic hydroxyl groups excluding tert-OH is 1. The van der Waals surface area contributed by atoms with Crippen LogP contribution in [-0.4, -0.2) is 44.1 Å². The third-order valence-electron chi connectivity index (χ3n) is 2.90. The predicted molar refractivity (Wildman–Crippen MR) is 56.4 cm³/mol. The lowest BCUT2D eigenvalue weighted by atomic mass is 9.84. The first-order chi connectivity index (χ1) is 6.41. The van der Waals surface area contributed by atoms with Crippen molar-refractivity contribution < 1.29 is 14.7 Å². The van der Waals surface area contributed by atoms with Gasteiger partial charge in [-0.25, -0.2) is 0 Å². The van der Waals surface area contributed by atoms with Crippen LogP contribution in [0.5, 0.6) is 0 Å². The lowest BCUT2D eigenvalue weighted by Crippen LogP contribution is -3.07. The summed E-state index contributed by atoms with van der Waals surface area (Å²) in [7, 11) is 4.15. The zero-order valence-electron chi connectivity index (χ0n) is 9.84. The molecule has 0 aliphatic carbocycles. The highest BCUT2D eigenvalue weighted by atomic mass is 16.5. The van der Waals surface area contributed by atoms with Gasteiger partial charge in [-0.1, -0.05) is 0 Å². The van der Waals surface area contributed by atoms with Gasteiger partial charge in [-0.05, 0) is 32.6 Å². The molecule has 84 valence electrons. The Hall–Kier alpha value is -0.120. The summed E-state index contributed by atoms with van der Waals surface area (Å²) in [4.78, 5) is 1.31. The Morgan fingerprint density at radius 2 is 2.14 bits per heavy atom. The normalized spacial score (nSPS) is 29.1. The number of quaternary nitrogens is 1. The van der Waals surface area contributed by atoms with Crippen molar-refractivity contribution >= 4 is 0 Å². The highest BCUT2D eigenvalue weighted by molar-refractivity contribution is 4.82. The molecule has 1 saturated heterocycles. The fraction of sp³-hybridized carbons (Fsp3) is 1.00. The number of hydrogen-bond donors (Lipinski definition) is 2. The molecule has 3 heteroatoms. The molecule has 0 radical (unpaired) electrons. The van der Waals surface area contributed by atoms with Gasteiger partial charge < -0.3 is 14.7 Å². The average molecular weight is 202 g/mol. The molecule has 0 aromatic heterocycles. The zero-order valence-corrected chi connectivity index (χ0v) is 9.84. The van der Waals surface area contributed by atoms with Crippen molar-refractivity contribution in [3.05, 3.63) is 0 Å². The standard InChI is InChI=1S/C11H23NO2/c1-11(2)7-9(5-6-14-11)10(13)8-12(3)4/h9-10,13H,5-8H2,1-4H3/p+1. The number of aliphatic hydroxyl groups is 1. The van der Waals surface area contributed by atoms with E-state index in [4.69, 9.17) is 4.74 Å². The minimum atomic E-state index is -0.178. The Balaban J connectivity index is 2.43. The van der Waals surface area contributed by atoms with E-state index in [1.54, 1.807) is 0 Å². The summed E-state index contributed by atoms with van der Waals surface area (Å²) in [5.74, 6) is 0.411. The Bertz CT molecular complexity index is 180. The van der Waals surface area contributed by atoms with E-state index in [0.717, 1.165) is 26.0 Å². The second-order valence-corrected chi connectivity index (χ2v) is 5.34. The van der Waals surface area contributed by atoms with Crippen molar-refractivity contribution in [2.45, 2.75) is 38.4 Å². The number of nitrogens with one attached hydrogen (secondary N) is 1. The Morgan fingerprint density at radius 1 is 1.50 bits per heavy atom. The number of likely N-dealkylation sites (N-methyl/N-ethyl adjacent to an activating group) is 1. The van der Waals surface area contributed by atoms with Crippen molar-refractivity contribution in [3.8, 4) is 0 Å². The van der Waals surface area contributed by atoms with E-state index >= 15 is 0 Å². The van der Waals surface area contributed by atoms with Gasteiger partial charge in [-0.15, -0.1) is 0 Å². The summed E-state index contributed by atoms with van der Waals surface area (Å²) >= 11 is 0. The van der Waals surface area contributed by atoms with Gasteiger partial charge in [0, 0.05) is 6.61 Å². The predicted octanol–water partition coefficient (Wildman–Crippen LogP) is -0.303. The minimum absolute atomic E-state index is 0.0501. The summed E-state index contributed by atoms with van der Waals surface area (Å²) in [6, 6.07) is 0. The Kier molecular flexibility index (Phi) is 3.93. The monoisotopic (exact) mass is 202 g/mol. The second kappa shape index (κ2) is 4.60. The molecule has 0 aromatic rings. The highest BCUT2D eigenvalue weighted by Crippen LogP contribution is 2.30. The molecule has 0 aromatic carbocycles. The minimum Gasteiger partial charge on any atom is -0.387 e. The first-order valence-corrected chi connectivity index (χ1v) is 5.52. The molecule has 2 atom stereocenters. The molecule has 14 heavy (non-hydrogen) atoms. The van der Waals surface area contributed by atoms with Gasteiger partial charge in [-0.2, -0.15) is 0 Å². The SMILES string of the molecule is C[NH+](C)CC(O)C1CCOC(C)(C)C1. The largest absolute Gasteiger partial charge is 0.387 e. The van der Waals surface area contributed by atoms with Crippen molar-refractivity contribution in [2.75, 3.05) is 27.2 Å². The molecule has 2 N–H and O–H groups in total. The fourth-order valence-corrected chi connectivity index (χ4v) is 2.19. The first kappa shape index (κ1) is 12.0. The Labute approximate surface area is 87.1 Å². The van der Waals surface area contributed by atoms with Crippen molar-refractivity contribution in [2.24, 2.45) is 5.92 Å². The molecule has 0 amide bonds. The van der Waals surface area contributed by atoms with Crippen LogP contribution in [0, 0.1) is 5.92 Å². The Morgan fingerprint density at radius 3 is 2.64 bits per heavy atom. The summed E-state index contributed by atoms with van der Waals surface area (Å²) in [6.07, 6.45) is 1.79. The molecular weight excluding hydrogens is 178 g/mol. The smallest absolute Gasteiger partial charge is 0.106 e. The van der Waals surface area contributed by atoms with Crippen LogP contribution in [0.4, 0.5) is 0 Å². The molecule has 2 unspecified atom stereocenters.